The topological polar surface area (TPSA) is 113 Å². The first-order chi connectivity index (χ1) is 12.3. The number of hydrogen-bond donors (Lipinski definition) is 3. The van der Waals surface area contributed by atoms with E-state index >= 15 is 0 Å². The molecule has 8 heteroatoms. The highest BCUT2D eigenvalue weighted by Gasteiger charge is 2.17. The normalized spacial score (nSPS) is 11.4. The summed E-state index contributed by atoms with van der Waals surface area (Å²) < 4.78 is 25.8. The molecule has 0 bridgehead atoms. The van der Waals surface area contributed by atoms with Crippen molar-refractivity contribution in [2.45, 2.75) is 19.8 Å². The predicted molar refractivity (Wildman–Crippen MR) is 99.9 cm³/mol. The Hall–Kier alpha value is -2.45. The summed E-state index contributed by atoms with van der Waals surface area (Å²) in [5, 5.41) is 13.4. The van der Waals surface area contributed by atoms with Gasteiger partial charge < -0.3 is 10.4 Å². The Labute approximate surface area is 152 Å². The van der Waals surface area contributed by atoms with Gasteiger partial charge in [0, 0.05) is 13.1 Å². The van der Waals surface area contributed by atoms with Gasteiger partial charge in [-0.15, -0.1) is 0 Å². The molecule has 1 amide bonds. The van der Waals surface area contributed by atoms with Crippen molar-refractivity contribution in [3.63, 3.8) is 0 Å². The van der Waals surface area contributed by atoms with Crippen LogP contribution in [-0.2, 0) is 10.0 Å². The SMILES string of the molecule is CCCCS(=O)(=O)NCCNC(=O)c1cc2ccccc2cc1C(=O)O. The lowest BCUT2D eigenvalue weighted by molar-refractivity contribution is 0.0691. The summed E-state index contributed by atoms with van der Waals surface area (Å²) in [6.07, 6.45) is 1.35. The zero-order chi connectivity index (χ0) is 19.2. The number of hydrogen-bond acceptors (Lipinski definition) is 4. The molecule has 0 saturated heterocycles. The van der Waals surface area contributed by atoms with E-state index in [0.717, 1.165) is 17.2 Å². The number of sulfonamides is 1. The summed E-state index contributed by atoms with van der Waals surface area (Å²) in [6.45, 7) is 2.02. The smallest absolute Gasteiger partial charge is 0.336 e. The van der Waals surface area contributed by atoms with E-state index < -0.39 is 21.9 Å². The lowest BCUT2D eigenvalue weighted by Crippen LogP contribution is -2.36. The molecule has 0 heterocycles. The van der Waals surface area contributed by atoms with Crippen LogP contribution in [0.3, 0.4) is 0 Å². The number of carbonyl (C=O) groups excluding carboxylic acids is 1. The van der Waals surface area contributed by atoms with Crippen molar-refractivity contribution in [3.8, 4) is 0 Å². The van der Waals surface area contributed by atoms with E-state index in [9.17, 15) is 23.1 Å². The van der Waals surface area contributed by atoms with Gasteiger partial charge in [-0.2, -0.15) is 0 Å². The number of amides is 1. The Balaban J connectivity index is 2.05. The Kier molecular flexibility index (Phi) is 6.70. The predicted octanol–water partition coefficient (Wildman–Crippen LogP) is 1.99. The number of benzene rings is 2. The molecule has 0 aliphatic heterocycles. The van der Waals surface area contributed by atoms with Gasteiger partial charge in [-0.05, 0) is 29.3 Å². The van der Waals surface area contributed by atoms with Gasteiger partial charge >= 0.3 is 5.97 Å². The van der Waals surface area contributed by atoms with Gasteiger partial charge in [0.05, 0.1) is 16.9 Å². The van der Waals surface area contributed by atoms with E-state index in [-0.39, 0.29) is 30.0 Å². The third-order valence-corrected chi connectivity index (χ3v) is 5.33. The molecule has 0 fully saturated rings. The zero-order valence-corrected chi connectivity index (χ0v) is 15.3. The highest BCUT2D eigenvalue weighted by atomic mass is 32.2. The molecule has 2 rings (SSSR count). The number of unbranched alkanes of at least 4 members (excludes halogenated alkanes) is 1. The van der Waals surface area contributed by atoms with E-state index in [1.54, 1.807) is 24.3 Å². The highest BCUT2D eigenvalue weighted by Crippen LogP contribution is 2.20. The number of rotatable bonds is 9. The van der Waals surface area contributed by atoms with Crippen molar-refractivity contribution < 1.29 is 23.1 Å². The second-order valence-electron chi connectivity index (χ2n) is 5.87. The monoisotopic (exact) mass is 378 g/mol. The molecule has 3 N–H and O–H groups in total. The molecule has 0 aromatic heterocycles. The standard InChI is InChI=1S/C18H22N2O5S/c1-2-3-10-26(24,25)20-9-8-19-17(21)15-11-13-6-4-5-7-14(13)12-16(15)18(22)23/h4-7,11-12,20H,2-3,8-10H2,1H3,(H,19,21)(H,22,23). The molecule has 140 valence electrons. The van der Waals surface area contributed by atoms with Crippen LogP contribution in [0.4, 0.5) is 0 Å². The maximum atomic E-state index is 12.4. The van der Waals surface area contributed by atoms with Gasteiger partial charge in [0.15, 0.2) is 0 Å². The fourth-order valence-corrected chi connectivity index (χ4v) is 3.72. The van der Waals surface area contributed by atoms with Crippen molar-refractivity contribution in [2.24, 2.45) is 0 Å². The summed E-state index contributed by atoms with van der Waals surface area (Å²) in [6, 6.07) is 10.1. The third-order valence-electron chi connectivity index (χ3n) is 3.86. The average molecular weight is 378 g/mol. The number of carboxylic acid groups (broad SMARTS) is 1. The van der Waals surface area contributed by atoms with Crippen LogP contribution in [0.1, 0.15) is 40.5 Å². The largest absolute Gasteiger partial charge is 0.478 e. The summed E-state index contributed by atoms with van der Waals surface area (Å²) in [5.74, 6) is -1.70. The first-order valence-electron chi connectivity index (χ1n) is 8.35. The number of aromatic carboxylic acids is 1. The summed E-state index contributed by atoms with van der Waals surface area (Å²) in [5.41, 5.74) is -0.0465. The van der Waals surface area contributed by atoms with E-state index in [4.69, 9.17) is 0 Å². The van der Waals surface area contributed by atoms with Crippen LogP contribution >= 0.6 is 0 Å². The Morgan fingerprint density at radius 2 is 1.65 bits per heavy atom. The molecule has 0 aliphatic carbocycles. The molecule has 0 atom stereocenters. The van der Waals surface area contributed by atoms with Crippen LogP contribution in [0.15, 0.2) is 36.4 Å². The fourth-order valence-electron chi connectivity index (χ4n) is 2.49. The second-order valence-corrected chi connectivity index (χ2v) is 7.80. The fraction of sp³-hybridized carbons (Fsp3) is 0.333. The average Bonchev–Trinajstić information content (AvgIpc) is 2.62. The number of carboxylic acids is 1. The molecule has 26 heavy (non-hydrogen) atoms. The molecule has 7 nitrogen and oxygen atoms in total. The quantitative estimate of drug-likeness (QED) is 0.578. The van der Waals surface area contributed by atoms with E-state index in [1.807, 2.05) is 6.92 Å². The molecular formula is C18H22N2O5S. The van der Waals surface area contributed by atoms with Crippen molar-refractivity contribution in [1.29, 1.82) is 0 Å². The van der Waals surface area contributed by atoms with Crippen LogP contribution in [0, 0.1) is 0 Å². The third kappa shape index (κ3) is 5.27. The lowest BCUT2D eigenvalue weighted by Gasteiger charge is -2.10. The summed E-state index contributed by atoms with van der Waals surface area (Å²) in [7, 11) is -3.35. The Morgan fingerprint density at radius 1 is 1.04 bits per heavy atom. The van der Waals surface area contributed by atoms with Gasteiger partial charge in [0.25, 0.3) is 5.91 Å². The van der Waals surface area contributed by atoms with Crippen molar-refractivity contribution >= 4 is 32.7 Å². The summed E-state index contributed by atoms with van der Waals surface area (Å²) in [4.78, 5) is 23.8. The van der Waals surface area contributed by atoms with Crippen molar-refractivity contribution in [3.05, 3.63) is 47.5 Å². The van der Waals surface area contributed by atoms with E-state index in [1.165, 1.54) is 12.1 Å². The molecule has 0 aliphatic rings. The minimum Gasteiger partial charge on any atom is -0.478 e. The molecule has 2 aromatic rings. The van der Waals surface area contributed by atoms with Crippen LogP contribution in [-0.4, -0.2) is 44.2 Å². The van der Waals surface area contributed by atoms with Gasteiger partial charge in [0.2, 0.25) is 10.0 Å². The molecule has 0 unspecified atom stereocenters. The van der Waals surface area contributed by atoms with Crippen molar-refractivity contribution in [2.75, 3.05) is 18.8 Å². The Morgan fingerprint density at radius 3 is 2.23 bits per heavy atom. The van der Waals surface area contributed by atoms with Gasteiger partial charge in [-0.25, -0.2) is 17.9 Å². The van der Waals surface area contributed by atoms with Crippen LogP contribution in [0.2, 0.25) is 0 Å². The molecular weight excluding hydrogens is 356 g/mol. The van der Waals surface area contributed by atoms with E-state index in [0.29, 0.717) is 6.42 Å². The Bertz CT molecular complexity index is 909. The first kappa shape index (κ1) is 19.9. The molecule has 2 aromatic carbocycles. The maximum Gasteiger partial charge on any atom is 0.336 e. The van der Waals surface area contributed by atoms with Gasteiger partial charge in [-0.1, -0.05) is 37.6 Å². The molecule has 0 radical (unpaired) electrons. The van der Waals surface area contributed by atoms with Gasteiger partial charge in [0.1, 0.15) is 0 Å². The minimum absolute atomic E-state index is 0.0463. The first-order valence-corrected chi connectivity index (χ1v) is 10.0. The van der Waals surface area contributed by atoms with E-state index in [2.05, 4.69) is 10.0 Å². The molecule has 0 spiro atoms. The maximum absolute atomic E-state index is 12.4. The number of nitrogens with one attached hydrogen (secondary N) is 2. The second kappa shape index (κ2) is 8.77. The van der Waals surface area contributed by atoms with Gasteiger partial charge in [-0.3, -0.25) is 4.79 Å². The lowest BCUT2D eigenvalue weighted by atomic mass is 10.0. The number of fused-ring (bicyclic) bond motifs is 1. The number of carbonyl (C=O) groups is 2. The highest BCUT2D eigenvalue weighted by molar-refractivity contribution is 7.89. The summed E-state index contributed by atoms with van der Waals surface area (Å²) >= 11 is 0. The van der Waals surface area contributed by atoms with Crippen LogP contribution in [0.25, 0.3) is 10.8 Å². The van der Waals surface area contributed by atoms with Crippen LogP contribution in [0.5, 0.6) is 0 Å². The zero-order valence-electron chi connectivity index (χ0n) is 14.5. The molecule has 0 saturated carbocycles. The minimum atomic E-state index is -3.35. The van der Waals surface area contributed by atoms with Crippen LogP contribution < -0.4 is 10.0 Å². The van der Waals surface area contributed by atoms with Crippen molar-refractivity contribution in [1.82, 2.24) is 10.0 Å².